The number of nitrogens with zero attached hydrogens (tertiary/aromatic N) is 5. The highest BCUT2D eigenvalue weighted by Crippen LogP contribution is 3.02. The van der Waals surface area contributed by atoms with Crippen LogP contribution in [-0.4, -0.2) is 47.3 Å². The summed E-state index contributed by atoms with van der Waals surface area (Å²) in [6.45, 7) is 6.57. The third-order valence-electron chi connectivity index (χ3n) is 5.16. The zero-order chi connectivity index (χ0) is 26.2. The van der Waals surface area contributed by atoms with E-state index in [2.05, 4.69) is 10.2 Å². The van der Waals surface area contributed by atoms with Crippen molar-refractivity contribution >= 4 is 33.3 Å². The predicted molar refractivity (Wildman–Crippen MR) is 121 cm³/mol. The highest BCUT2D eigenvalue weighted by atomic mass is 32.5. The Morgan fingerprint density at radius 2 is 1.77 bits per heavy atom. The molecule has 2 aromatic heterocycles. The zero-order valence-corrected chi connectivity index (χ0v) is 20.3. The van der Waals surface area contributed by atoms with E-state index in [1.54, 1.807) is 13.0 Å². The summed E-state index contributed by atoms with van der Waals surface area (Å²) in [4.78, 5) is 12.6. The van der Waals surface area contributed by atoms with Gasteiger partial charge in [0.2, 0.25) is 5.78 Å². The van der Waals surface area contributed by atoms with Gasteiger partial charge < -0.3 is 20.1 Å². The lowest BCUT2D eigenvalue weighted by molar-refractivity contribution is -0.714. The summed E-state index contributed by atoms with van der Waals surface area (Å²) < 4.78 is 79.7. The Morgan fingerprint density at radius 1 is 1.11 bits per heavy atom. The van der Waals surface area contributed by atoms with Crippen molar-refractivity contribution in [2.45, 2.75) is 32.2 Å². The zero-order valence-electron chi connectivity index (χ0n) is 19.5. The SMILES string of the molecule is CCOc1nn2c(N)n[n+](CC(=O)c3cc(OC)cc(S(F)(F)(F)(F)F)c3)c2cc1N(CC)CC. The number of nitrogens with two attached hydrogens (primary N) is 1. The van der Waals surface area contributed by atoms with Gasteiger partial charge in [-0.1, -0.05) is 23.9 Å². The number of aromatic nitrogens is 4. The van der Waals surface area contributed by atoms with Gasteiger partial charge in [0.05, 0.1) is 19.8 Å². The third kappa shape index (κ3) is 5.49. The van der Waals surface area contributed by atoms with Crippen LogP contribution in [0.25, 0.3) is 5.65 Å². The molecule has 0 aliphatic heterocycles. The Hall–Kier alpha value is -3.36. The first-order valence-corrected chi connectivity index (χ1v) is 12.5. The molecule has 15 heteroatoms. The number of ketones is 1. The highest BCUT2D eigenvalue weighted by molar-refractivity contribution is 8.45. The maximum absolute atomic E-state index is 13.4. The van der Waals surface area contributed by atoms with Crippen LogP contribution in [0.5, 0.6) is 11.6 Å². The van der Waals surface area contributed by atoms with Crippen LogP contribution in [0.2, 0.25) is 0 Å². The standard InChI is InChI=1S/C20H26F5N6O3S/c1-5-29(6-2)16-11-18-30(28-20(26)31(18)27-19(16)34-7-3)12-17(32)13-8-14(33-4)10-15(9-13)35(21,22,23,24)25/h8-11H,5-7,12H2,1-4H3,(H2,26,28)/q+1. The molecule has 9 nitrogen and oxygen atoms in total. The molecule has 194 valence electrons. The van der Waals surface area contributed by atoms with E-state index in [9.17, 15) is 24.2 Å². The summed E-state index contributed by atoms with van der Waals surface area (Å²) in [7, 11) is -9.06. The summed E-state index contributed by atoms with van der Waals surface area (Å²) in [5.74, 6) is -1.29. The van der Waals surface area contributed by atoms with E-state index in [4.69, 9.17) is 15.2 Å². The molecular formula is C20H26F5N6O3S+. The van der Waals surface area contributed by atoms with E-state index in [1.165, 1.54) is 4.52 Å². The molecule has 0 saturated carbocycles. The second-order valence-electron chi connectivity index (χ2n) is 7.52. The molecule has 35 heavy (non-hydrogen) atoms. The number of carbonyl (C=O) groups is 1. The van der Waals surface area contributed by atoms with Crippen molar-refractivity contribution in [2.75, 3.05) is 37.4 Å². The molecule has 3 rings (SSSR count). The maximum Gasteiger partial charge on any atom is 0.355 e. The first-order chi connectivity index (χ1) is 16.1. The smallest absolute Gasteiger partial charge is 0.355 e. The first kappa shape index (κ1) is 26.2. The second kappa shape index (κ2) is 8.39. The van der Waals surface area contributed by atoms with E-state index in [0.29, 0.717) is 25.4 Å². The summed E-state index contributed by atoms with van der Waals surface area (Å²) in [6.07, 6.45) is 0. The fraction of sp³-hybridized carbons (Fsp3) is 0.400. The molecule has 0 aliphatic carbocycles. The van der Waals surface area contributed by atoms with Crippen molar-refractivity contribution in [2.24, 2.45) is 0 Å². The van der Waals surface area contributed by atoms with Crippen LogP contribution >= 0.6 is 10.2 Å². The molecular weight excluding hydrogens is 499 g/mol. The highest BCUT2D eigenvalue weighted by Gasteiger charge is 2.65. The van der Waals surface area contributed by atoms with E-state index in [-0.39, 0.29) is 29.6 Å². The van der Waals surface area contributed by atoms with Crippen molar-refractivity contribution in [3.63, 3.8) is 0 Å². The van der Waals surface area contributed by atoms with Crippen molar-refractivity contribution < 1.29 is 38.4 Å². The molecule has 0 spiro atoms. The number of hydrogen-bond donors (Lipinski definition) is 1. The molecule has 0 amide bonds. The van der Waals surface area contributed by atoms with Crippen LogP contribution in [0, 0.1) is 0 Å². The molecule has 0 radical (unpaired) electrons. The van der Waals surface area contributed by atoms with E-state index in [1.807, 2.05) is 18.7 Å². The number of methoxy groups -OCH3 is 1. The largest absolute Gasteiger partial charge is 0.497 e. The lowest BCUT2D eigenvalue weighted by Crippen LogP contribution is -2.40. The molecule has 1 aromatic carbocycles. The number of Topliss-reactive ketones (excluding diaryl/α,β-unsaturated/α-hetero) is 1. The van der Waals surface area contributed by atoms with Gasteiger partial charge in [-0.3, -0.25) is 4.79 Å². The lowest BCUT2D eigenvalue weighted by atomic mass is 10.1. The van der Waals surface area contributed by atoms with Gasteiger partial charge in [-0.15, -0.1) is 4.68 Å². The molecule has 0 unspecified atom stereocenters. The number of carbonyl (C=O) groups excluding carboxylic acids is 1. The normalized spacial score (nSPS) is 13.9. The maximum atomic E-state index is 13.4. The molecule has 0 atom stereocenters. The van der Waals surface area contributed by atoms with Gasteiger partial charge in [-0.2, -0.15) is 0 Å². The van der Waals surface area contributed by atoms with Crippen molar-refractivity contribution in [1.29, 1.82) is 0 Å². The van der Waals surface area contributed by atoms with Crippen LogP contribution in [0.4, 0.5) is 31.1 Å². The molecule has 3 aromatic rings. The van der Waals surface area contributed by atoms with Crippen LogP contribution < -0.4 is 24.8 Å². The second-order valence-corrected chi connectivity index (χ2v) is 9.92. The van der Waals surface area contributed by atoms with Crippen LogP contribution in [-0.2, 0) is 6.54 Å². The number of nitrogen functional groups attached to an aromatic ring is 1. The van der Waals surface area contributed by atoms with E-state index < -0.39 is 38.8 Å². The third-order valence-corrected chi connectivity index (χ3v) is 6.29. The van der Waals surface area contributed by atoms with Gasteiger partial charge in [0.1, 0.15) is 16.3 Å². The molecule has 2 heterocycles. The summed E-state index contributed by atoms with van der Waals surface area (Å²) in [5.41, 5.74) is 6.15. The fourth-order valence-corrected chi connectivity index (χ4v) is 4.14. The Morgan fingerprint density at radius 3 is 2.31 bits per heavy atom. The molecule has 2 N–H and O–H groups in total. The number of fused-ring (bicyclic) bond motifs is 1. The van der Waals surface area contributed by atoms with Gasteiger partial charge in [0, 0.05) is 24.7 Å². The monoisotopic (exact) mass is 525 g/mol. The number of rotatable bonds is 10. The summed E-state index contributed by atoms with van der Waals surface area (Å²) in [6, 6.07) is 2.85. The van der Waals surface area contributed by atoms with Crippen molar-refractivity contribution in [3.05, 3.63) is 29.8 Å². The first-order valence-electron chi connectivity index (χ1n) is 10.5. The predicted octanol–water partition coefficient (Wildman–Crippen LogP) is 4.39. The Bertz CT molecular complexity index is 1280. The minimum absolute atomic E-state index is 0.112. The minimum atomic E-state index is -10.1. The summed E-state index contributed by atoms with van der Waals surface area (Å²) >= 11 is 0. The molecule has 0 fully saturated rings. The lowest BCUT2D eigenvalue weighted by Gasteiger charge is -2.40. The molecule has 0 bridgehead atoms. The Balaban J connectivity index is 2.10. The Kier molecular flexibility index (Phi) is 6.29. The van der Waals surface area contributed by atoms with E-state index in [0.717, 1.165) is 17.9 Å². The van der Waals surface area contributed by atoms with Gasteiger partial charge in [-0.25, -0.2) is 0 Å². The number of anilines is 2. The van der Waals surface area contributed by atoms with Gasteiger partial charge in [0.15, 0.2) is 6.54 Å². The van der Waals surface area contributed by atoms with Crippen LogP contribution in [0.3, 0.4) is 0 Å². The average Bonchev–Trinajstić information content (AvgIpc) is 3.07. The average molecular weight is 526 g/mol. The van der Waals surface area contributed by atoms with Gasteiger partial charge in [-0.05, 0) is 43.1 Å². The van der Waals surface area contributed by atoms with Crippen LogP contribution in [0.1, 0.15) is 31.1 Å². The molecule has 0 saturated heterocycles. The number of ether oxygens (including phenoxy) is 2. The Labute approximate surface area is 197 Å². The molecule has 0 aliphatic rings. The number of halogens is 5. The van der Waals surface area contributed by atoms with Gasteiger partial charge in [0.25, 0.3) is 5.88 Å². The fourth-order valence-electron chi connectivity index (χ4n) is 3.46. The van der Waals surface area contributed by atoms with Crippen molar-refractivity contribution in [1.82, 2.24) is 14.7 Å². The van der Waals surface area contributed by atoms with Gasteiger partial charge >= 0.3 is 21.8 Å². The minimum Gasteiger partial charge on any atom is -0.497 e. The number of benzene rings is 1. The van der Waals surface area contributed by atoms with Crippen molar-refractivity contribution in [3.8, 4) is 11.6 Å². The summed E-state index contributed by atoms with van der Waals surface area (Å²) in [5, 5.41) is 8.40. The van der Waals surface area contributed by atoms with Crippen LogP contribution in [0.15, 0.2) is 29.2 Å². The van der Waals surface area contributed by atoms with E-state index >= 15 is 0 Å². The quantitative estimate of drug-likeness (QED) is 0.238. The topological polar surface area (TPSA) is 98.9 Å². The number of hydrogen-bond acceptors (Lipinski definition) is 7.